The molecular weight excluding hydrogens is 505 g/mol. The number of aryl methyl sites for hydroxylation is 3. The molecule has 11 heteroatoms. The molecule has 1 saturated carbocycles. The second-order valence-electron chi connectivity index (χ2n) is 9.94. The van der Waals surface area contributed by atoms with Crippen molar-refractivity contribution in [2.24, 2.45) is 11.8 Å². The van der Waals surface area contributed by atoms with Gasteiger partial charge in [0.25, 0.3) is 5.91 Å². The van der Waals surface area contributed by atoms with E-state index in [9.17, 15) is 9.59 Å². The van der Waals surface area contributed by atoms with Crippen LogP contribution in [0.5, 0.6) is 0 Å². The number of thioether (sulfide) groups is 1. The third-order valence-corrected chi connectivity index (χ3v) is 7.89. The van der Waals surface area contributed by atoms with E-state index in [1.54, 1.807) is 40.8 Å². The highest BCUT2D eigenvalue weighted by atomic mass is 32.2. The lowest BCUT2D eigenvalue weighted by Gasteiger charge is -2.32. The number of nitrogens with zero attached hydrogens (tertiary/aromatic N) is 4. The topological polar surface area (TPSA) is 118 Å². The number of anilines is 1. The van der Waals surface area contributed by atoms with Crippen LogP contribution in [0.15, 0.2) is 24.4 Å². The molecule has 204 valence electrons. The average Bonchev–Trinajstić information content (AvgIpc) is 3.53. The lowest BCUT2D eigenvalue weighted by atomic mass is 9.79. The molecule has 1 aliphatic rings. The van der Waals surface area contributed by atoms with Crippen LogP contribution < -0.4 is 10.6 Å². The lowest BCUT2D eigenvalue weighted by Crippen LogP contribution is -2.49. The molecule has 1 atom stereocenters. The Morgan fingerprint density at radius 1 is 1.24 bits per heavy atom. The molecule has 0 radical (unpaired) electrons. The van der Waals surface area contributed by atoms with Crippen LogP contribution in [0.3, 0.4) is 0 Å². The zero-order chi connectivity index (χ0) is 27.2. The second-order valence-corrected chi connectivity index (χ2v) is 10.9. The van der Waals surface area contributed by atoms with Gasteiger partial charge in [-0.25, -0.2) is 4.98 Å². The van der Waals surface area contributed by atoms with E-state index in [0.29, 0.717) is 41.4 Å². The van der Waals surface area contributed by atoms with E-state index in [1.807, 2.05) is 20.1 Å². The first kappa shape index (κ1) is 27.8. The summed E-state index contributed by atoms with van der Waals surface area (Å²) in [7, 11) is 0. The van der Waals surface area contributed by atoms with E-state index in [2.05, 4.69) is 37.8 Å². The van der Waals surface area contributed by atoms with Crippen LogP contribution in [0.1, 0.15) is 61.4 Å². The van der Waals surface area contributed by atoms with Crippen molar-refractivity contribution in [2.75, 3.05) is 17.3 Å². The number of carbonyl (C=O) groups excluding carboxylic acids is 2. The van der Waals surface area contributed by atoms with Crippen LogP contribution >= 0.6 is 11.8 Å². The predicted molar refractivity (Wildman–Crippen MR) is 148 cm³/mol. The van der Waals surface area contributed by atoms with Gasteiger partial charge in [-0.2, -0.15) is 26.3 Å². The number of hydrogen-bond acceptors (Lipinski definition) is 6. The van der Waals surface area contributed by atoms with Gasteiger partial charge < -0.3 is 10.6 Å². The quantitative estimate of drug-likeness (QED) is 0.323. The number of carbonyl (C=O) groups is 2. The minimum Gasteiger partial charge on any atom is -0.339 e. The van der Waals surface area contributed by atoms with E-state index in [1.165, 1.54) is 0 Å². The lowest BCUT2D eigenvalue weighted by molar-refractivity contribution is -0.119. The van der Waals surface area contributed by atoms with Crippen molar-refractivity contribution in [3.05, 3.63) is 47.4 Å². The standard InChI is InChI=1S/C27H36FN7O2S/c1-5-20-23(17(3)33-34-20)19-10-11-22(30-25(19)28)31-27(37)24(18-8-6-16(2)7-9-18)32-26(36)21-12-13-29-35(21)14-15-38-4/h10-13,16,18,24H,5-9,14-15H2,1-4H3,(H,32,36)(H,33,34)(H,30,31,37)/t16-,18-,24-/m0/s1. The zero-order valence-corrected chi connectivity index (χ0v) is 23.2. The first-order chi connectivity index (χ1) is 18.3. The summed E-state index contributed by atoms with van der Waals surface area (Å²) in [5.41, 5.74) is 2.94. The number of rotatable bonds is 10. The van der Waals surface area contributed by atoms with Gasteiger partial charge in [-0.15, -0.1) is 0 Å². The first-order valence-corrected chi connectivity index (χ1v) is 14.5. The van der Waals surface area contributed by atoms with Gasteiger partial charge in [0, 0.05) is 28.8 Å². The highest BCUT2D eigenvalue weighted by Crippen LogP contribution is 2.32. The maximum absolute atomic E-state index is 15.1. The van der Waals surface area contributed by atoms with E-state index in [4.69, 9.17) is 0 Å². The monoisotopic (exact) mass is 541 g/mol. The predicted octanol–water partition coefficient (Wildman–Crippen LogP) is 4.60. The van der Waals surface area contributed by atoms with Crippen LogP contribution in [-0.4, -0.2) is 54.8 Å². The SMILES string of the molecule is CCc1[nH]nc(C)c1-c1ccc(NC(=O)[C@@H](NC(=O)c2ccnn2CCSC)[C@H]2CC[C@H](C)CC2)nc1F. The summed E-state index contributed by atoms with van der Waals surface area (Å²) in [5, 5.41) is 17.1. The molecule has 9 nitrogen and oxygen atoms in total. The molecule has 0 saturated heterocycles. The maximum Gasteiger partial charge on any atom is 0.270 e. The Kier molecular flexibility index (Phi) is 9.19. The molecule has 2 amide bonds. The van der Waals surface area contributed by atoms with Crippen molar-refractivity contribution in [3.63, 3.8) is 0 Å². The summed E-state index contributed by atoms with van der Waals surface area (Å²) < 4.78 is 16.8. The van der Waals surface area contributed by atoms with Crippen molar-refractivity contribution in [3.8, 4) is 11.1 Å². The molecule has 1 fully saturated rings. The van der Waals surface area contributed by atoms with Crippen LogP contribution in [0.25, 0.3) is 11.1 Å². The molecule has 3 heterocycles. The molecule has 3 N–H and O–H groups in total. The Balaban J connectivity index is 1.54. The summed E-state index contributed by atoms with van der Waals surface area (Å²) in [6, 6.07) is 4.08. The van der Waals surface area contributed by atoms with Crippen molar-refractivity contribution in [1.29, 1.82) is 0 Å². The molecule has 38 heavy (non-hydrogen) atoms. The Bertz CT molecular complexity index is 1270. The Hall–Kier alpha value is -3.21. The minimum atomic E-state index is -0.772. The summed E-state index contributed by atoms with van der Waals surface area (Å²) in [5.74, 6) is 0.0398. The van der Waals surface area contributed by atoms with Gasteiger partial charge in [0.2, 0.25) is 11.9 Å². The molecule has 0 aliphatic heterocycles. The van der Waals surface area contributed by atoms with Gasteiger partial charge in [-0.1, -0.05) is 26.7 Å². The third-order valence-electron chi connectivity index (χ3n) is 7.30. The fourth-order valence-corrected chi connectivity index (χ4v) is 5.46. The van der Waals surface area contributed by atoms with E-state index in [-0.39, 0.29) is 17.6 Å². The van der Waals surface area contributed by atoms with Gasteiger partial charge in [0.1, 0.15) is 17.6 Å². The smallest absolute Gasteiger partial charge is 0.270 e. The number of halogens is 1. The molecule has 0 aromatic carbocycles. The van der Waals surface area contributed by atoms with Crippen molar-refractivity contribution < 1.29 is 14.0 Å². The Morgan fingerprint density at radius 3 is 2.68 bits per heavy atom. The molecule has 0 unspecified atom stereocenters. The van der Waals surface area contributed by atoms with E-state index < -0.39 is 17.9 Å². The van der Waals surface area contributed by atoms with E-state index >= 15 is 4.39 Å². The van der Waals surface area contributed by atoms with Gasteiger partial charge >= 0.3 is 0 Å². The minimum absolute atomic E-state index is 0.0254. The molecular formula is C27H36FN7O2S. The average molecular weight is 542 g/mol. The molecule has 4 rings (SSSR count). The highest BCUT2D eigenvalue weighted by molar-refractivity contribution is 7.98. The van der Waals surface area contributed by atoms with Crippen molar-refractivity contribution in [1.82, 2.24) is 30.3 Å². The largest absolute Gasteiger partial charge is 0.339 e. The van der Waals surface area contributed by atoms with E-state index in [0.717, 1.165) is 37.1 Å². The summed E-state index contributed by atoms with van der Waals surface area (Å²) in [6.45, 7) is 6.58. The molecule has 1 aliphatic carbocycles. The summed E-state index contributed by atoms with van der Waals surface area (Å²) in [4.78, 5) is 30.8. The van der Waals surface area contributed by atoms with Crippen LogP contribution in [0.2, 0.25) is 0 Å². The summed E-state index contributed by atoms with van der Waals surface area (Å²) >= 11 is 1.67. The van der Waals surface area contributed by atoms with Gasteiger partial charge in [-0.05, 0) is 62.5 Å². The zero-order valence-electron chi connectivity index (χ0n) is 22.4. The number of aromatic nitrogens is 5. The van der Waals surface area contributed by atoms with Gasteiger partial charge in [-0.3, -0.25) is 19.4 Å². The number of pyridine rings is 1. The molecule has 0 spiro atoms. The fourth-order valence-electron chi connectivity index (χ4n) is 5.10. The number of amides is 2. The molecule has 0 bridgehead atoms. The number of nitrogens with one attached hydrogen (secondary N) is 3. The second kappa shape index (κ2) is 12.6. The fraction of sp³-hybridized carbons (Fsp3) is 0.519. The van der Waals surface area contributed by atoms with Crippen LogP contribution in [0.4, 0.5) is 10.2 Å². The number of hydrogen-bond donors (Lipinski definition) is 3. The first-order valence-electron chi connectivity index (χ1n) is 13.2. The molecule has 3 aromatic heterocycles. The number of aromatic amines is 1. The Morgan fingerprint density at radius 2 is 2.00 bits per heavy atom. The van der Waals surface area contributed by atoms with Crippen molar-refractivity contribution in [2.45, 2.75) is 65.5 Å². The van der Waals surface area contributed by atoms with Crippen LogP contribution in [-0.2, 0) is 17.8 Å². The summed E-state index contributed by atoms with van der Waals surface area (Å²) in [6.07, 6.45) is 7.88. The van der Waals surface area contributed by atoms with Gasteiger partial charge in [0.15, 0.2) is 0 Å². The number of H-pyrrole nitrogens is 1. The van der Waals surface area contributed by atoms with Crippen molar-refractivity contribution >= 4 is 29.4 Å². The molecule has 3 aromatic rings. The Labute approximate surface area is 226 Å². The third kappa shape index (κ3) is 6.25. The van der Waals surface area contributed by atoms with Gasteiger partial charge in [0.05, 0.1) is 12.2 Å². The maximum atomic E-state index is 15.1. The highest BCUT2D eigenvalue weighted by Gasteiger charge is 2.33. The van der Waals surface area contributed by atoms with Crippen LogP contribution in [0, 0.1) is 24.7 Å². The normalized spacial score (nSPS) is 18.2.